The van der Waals surface area contributed by atoms with Gasteiger partial charge >= 0.3 is 0 Å². The van der Waals surface area contributed by atoms with E-state index in [1.54, 1.807) is 0 Å². The number of nitrogens with zero attached hydrogens (tertiary/aromatic N) is 4. The van der Waals surface area contributed by atoms with Crippen molar-refractivity contribution in [3.05, 3.63) is 205 Å². The predicted molar refractivity (Wildman–Crippen MR) is 242 cm³/mol. The third-order valence-electron chi connectivity index (χ3n) is 10.0. The van der Waals surface area contributed by atoms with E-state index in [4.69, 9.17) is 5.11 Å². The molecule has 60 heavy (non-hydrogen) atoms. The van der Waals surface area contributed by atoms with E-state index in [0.29, 0.717) is 0 Å². The first kappa shape index (κ1) is 41.2. The van der Waals surface area contributed by atoms with Crippen molar-refractivity contribution in [2.75, 3.05) is 0 Å². The number of carbonyl (C=O) groups excluding carboxylic acids is 1. The number of aliphatic hydroxyl groups is 1. The quantitative estimate of drug-likeness (QED) is 0.106. The van der Waals surface area contributed by atoms with Gasteiger partial charge in [0.15, 0.2) is 5.78 Å². The molecule has 7 heteroatoms. The van der Waals surface area contributed by atoms with Gasteiger partial charge in [-0.2, -0.15) is 0 Å². The summed E-state index contributed by atoms with van der Waals surface area (Å²) in [6.45, 7) is 6.95. The van der Waals surface area contributed by atoms with Crippen molar-refractivity contribution in [1.82, 2.24) is 19.1 Å². The predicted octanol–water partition coefficient (Wildman–Crippen LogP) is 12.9. The number of benzene rings is 6. The van der Waals surface area contributed by atoms with Gasteiger partial charge in [0.2, 0.25) is 0 Å². The van der Waals surface area contributed by atoms with Crippen LogP contribution in [0.4, 0.5) is 0 Å². The minimum Gasteiger partial charge on any atom is -0.512 e. The van der Waals surface area contributed by atoms with Gasteiger partial charge in [-0.1, -0.05) is 108 Å². The number of aliphatic hydroxyl groups excluding tert-OH is 1. The summed E-state index contributed by atoms with van der Waals surface area (Å²) in [7, 11) is 0. The first-order chi connectivity index (χ1) is 28.7. The zero-order valence-electron chi connectivity index (χ0n) is 33.7. The van der Waals surface area contributed by atoms with Crippen molar-refractivity contribution in [3.8, 4) is 33.9 Å². The molecular formula is C53H42IrN4O2-2. The van der Waals surface area contributed by atoms with Crippen LogP contribution in [0.3, 0.4) is 0 Å². The van der Waals surface area contributed by atoms with Gasteiger partial charge in [0.25, 0.3) is 0 Å². The fourth-order valence-corrected chi connectivity index (χ4v) is 7.38. The van der Waals surface area contributed by atoms with Crippen molar-refractivity contribution >= 4 is 49.4 Å². The molecule has 10 aromatic rings. The van der Waals surface area contributed by atoms with Gasteiger partial charge in [0, 0.05) is 61.0 Å². The van der Waals surface area contributed by atoms with Crippen LogP contribution < -0.4 is 0 Å². The smallest absolute Gasteiger partial charge is 0.155 e. The van der Waals surface area contributed by atoms with Crippen LogP contribution in [0.5, 0.6) is 0 Å². The molecule has 0 amide bonds. The largest absolute Gasteiger partial charge is 0.512 e. The minimum absolute atomic E-state index is 0. The molecule has 0 saturated heterocycles. The fraction of sp³-hybridized carbons (Fsp3) is 0.0755. The Bertz CT molecular complexity index is 2890. The SMILES string of the molecule is CC(=O)/C=C(/C)O.Cc1ccc(-c2[c-]cc3c(c2)c2ccccc2n3-c2ccccc2)nc1.Cc1ccc(-c2[c-]cc3c(c2)c2ccccc2n3-c2ccccc2)nc1.[Ir]. The third kappa shape index (κ3) is 8.74. The molecule has 4 aromatic heterocycles. The van der Waals surface area contributed by atoms with E-state index >= 15 is 0 Å². The van der Waals surface area contributed by atoms with E-state index in [2.05, 4.69) is 191 Å². The van der Waals surface area contributed by atoms with Gasteiger partial charge in [-0.3, -0.25) is 4.79 Å². The molecule has 0 aliphatic rings. The first-order valence-electron chi connectivity index (χ1n) is 19.5. The number of pyridine rings is 2. The Balaban J connectivity index is 0.000000155. The normalized spacial score (nSPS) is 11.1. The number of aromatic nitrogens is 4. The fourth-order valence-electron chi connectivity index (χ4n) is 7.38. The zero-order valence-corrected chi connectivity index (χ0v) is 36.1. The second-order valence-electron chi connectivity index (χ2n) is 14.5. The average molecular weight is 959 g/mol. The Morgan fingerprint density at radius 2 is 0.933 bits per heavy atom. The van der Waals surface area contributed by atoms with Crippen molar-refractivity contribution in [3.63, 3.8) is 0 Å². The van der Waals surface area contributed by atoms with E-state index in [-0.39, 0.29) is 31.6 Å². The van der Waals surface area contributed by atoms with Crippen molar-refractivity contribution in [2.45, 2.75) is 27.7 Å². The van der Waals surface area contributed by atoms with Gasteiger partial charge in [0.1, 0.15) is 0 Å². The van der Waals surface area contributed by atoms with Crippen LogP contribution in [-0.4, -0.2) is 30.0 Å². The number of rotatable bonds is 5. The number of para-hydroxylation sites is 4. The Labute approximate surface area is 363 Å². The summed E-state index contributed by atoms with van der Waals surface area (Å²) < 4.78 is 4.60. The van der Waals surface area contributed by atoms with Crippen LogP contribution in [0.1, 0.15) is 25.0 Å². The third-order valence-corrected chi connectivity index (χ3v) is 10.0. The van der Waals surface area contributed by atoms with Crippen LogP contribution >= 0.6 is 0 Å². The summed E-state index contributed by atoms with van der Waals surface area (Å²) in [6.07, 6.45) is 4.97. The van der Waals surface area contributed by atoms with E-state index in [1.807, 2.05) is 24.5 Å². The van der Waals surface area contributed by atoms with Gasteiger partial charge in [-0.05, 0) is 108 Å². The zero-order chi connectivity index (χ0) is 40.9. The summed E-state index contributed by atoms with van der Waals surface area (Å²) in [6, 6.07) is 61.8. The van der Waals surface area contributed by atoms with Gasteiger partial charge < -0.3 is 24.2 Å². The standard InChI is InChI=1S/2C24H17N2.C5H8O2.Ir/c2*1-17-11-13-22(25-16-17)18-12-14-24-21(15-18)20-9-5-6-10-23(20)26(24)19-7-3-2-4-8-19;1-4(6)3-5(2)7;/h2*2-11,13-16H,1H3;3,6H,1-2H3;/q2*-1;;/b;;4-3-;. The number of ketones is 1. The van der Waals surface area contributed by atoms with Gasteiger partial charge in [-0.15, -0.1) is 47.5 Å². The van der Waals surface area contributed by atoms with Crippen LogP contribution in [0, 0.1) is 26.0 Å². The molecule has 0 saturated carbocycles. The molecule has 6 nitrogen and oxygen atoms in total. The maximum absolute atomic E-state index is 10.0. The Kier molecular flexibility index (Phi) is 12.6. The molecule has 0 aliphatic heterocycles. The molecule has 297 valence electrons. The van der Waals surface area contributed by atoms with E-state index in [9.17, 15) is 4.79 Å². The van der Waals surface area contributed by atoms with Crippen LogP contribution in [0.15, 0.2) is 182 Å². The summed E-state index contributed by atoms with van der Waals surface area (Å²) >= 11 is 0. The molecule has 0 spiro atoms. The molecular weight excluding hydrogens is 917 g/mol. The molecule has 10 rings (SSSR count). The number of hydrogen-bond acceptors (Lipinski definition) is 4. The summed E-state index contributed by atoms with van der Waals surface area (Å²) in [5, 5.41) is 13.3. The molecule has 0 atom stereocenters. The number of hydrogen-bond donors (Lipinski definition) is 1. The van der Waals surface area contributed by atoms with E-state index in [0.717, 1.165) is 56.0 Å². The summed E-state index contributed by atoms with van der Waals surface area (Å²) in [4.78, 5) is 19.1. The molecule has 6 aromatic carbocycles. The maximum Gasteiger partial charge on any atom is 0.155 e. The first-order valence-corrected chi connectivity index (χ1v) is 19.5. The number of carbonyl (C=O) groups is 1. The Hall–Kier alpha value is -6.92. The molecule has 0 unspecified atom stereocenters. The van der Waals surface area contributed by atoms with E-state index < -0.39 is 0 Å². The second-order valence-corrected chi connectivity index (χ2v) is 14.5. The molecule has 0 bridgehead atoms. The molecule has 1 radical (unpaired) electrons. The van der Waals surface area contributed by atoms with Crippen LogP contribution in [-0.2, 0) is 24.9 Å². The average Bonchev–Trinajstić information content (AvgIpc) is 3.77. The van der Waals surface area contributed by atoms with Crippen LogP contribution in [0.25, 0.3) is 77.5 Å². The van der Waals surface area contributed by atoms with E-state index in [1.165, 1.54) is 52.5 Å². The number of aryl methyl sites for hydroxylation is 2. The van der Waals surface area contributed by atoms with Crippen molar-refractivity contribution in [2.24, 2.45) is 0 Å². The van der Waals surface area contributed by atoms with Crippen LogP contribution in [0.2, 0.25) is 0 Å². The molecule has 0 fully saturated rings. The number of fused-ring (bicyclic) bond motifs is 6. The minimum atomic E-state index is -0.125. The van der Waals surface area contributed by atoms with Crippen molar-refractivity contribution in [1.29, 1.82) is 0 Å². The molecule has 4 heterocycles. The topological polar surface area (TPSA) is 72.9 Å². The van der Waals surface area contributed by atoms with Crippen molar-refractivity contribution < 1.29 is 30.0 Å². The molecule has 1 N–H and O–H groups in total. The maximum atomic E-state index is 10.0. The van der Waals surface area contributed by atoms with Gasteiger partial charge in [-0.25, -0.2) is 0 Å². The Morgan fingerprint density at radius 1 is 0.533 bits per heavy atom. The molecule has 0 aliphatic carbocycles. The Morgan fingerprint density at radius 3 is 1.28 bits per heavy atom. The summed E-state index contributed by atoms with van der Waals surface area (Å²) in [5.74, 6) is -0.0625. The van der Waals surface area contributed by atoms with Gasteiger partial charge in [0.05, 0.1) is 5.76 Å². The second kappa shape index (κ2) is 18.3. The monoisotopic (exact) mass is 959 g/mol. The number of allylic oxidation sites excluding steroid dienone is 2. The summed E-state index contributed by atoms with van der Waals surface area (Å²) in [5.41, 5.74) is 13.3.